The second kappa shape index (κ2) is 8.82. The lowest BCUT2D eigenvalue weighted by Crippen LogP contribution is -1.73. The molecule has 2 aromatic carbocycles. The molecule has 0 N–H and O–H groups in total. The first-order valence-electron chi connectivity index (χ1n) is 4.55. The summed E-state index contributed by atoms with van der Waals surface area (Å²) >= 11 is 0. The van der Waals surface area contributed by atoms with Crippen LogP contribution in [0.3, 0.4) is 0 Å². The Morgan fingerprint density at radius 2 is 0.875 bits per heavy atom. The standard InChI is InChI=1S/C12H10.Cl2S2/c1-3-7-11(8-4-1)12-9-5-2-6-10-12;1-3-4-2/h1-10H;. The molecule has 2 aromatic rings. The summed E-state index contributed by atoms with van der Waals surface area (Å²) in [6.45, 7) is 0. The Kier molecular flexibility index (Phi) is 7.60. The van der Waals surface area contributed by atoms with Crippen LogP contribution < -0.4 is 0 Å². The van der Waals surface area contributed by atoms with Crippen LogP contribution in [-0.2, 0) is 0 Å². The lowest BCUT2D eigenvalue weighted by atomic mass is 10.1. The van der Waals surface area contributed by atoms with Gasteiger partial charge in [-0.1, -0.05) is 60.7 Å². The van der Waals surface area contributed by atoms with Crippen molar-refractivity contribution in [2.75, 3.05) is 0 Å². The zero-order valence-electron chi connectivity index (χ0n) is 8.35. The van der Waals surface area contributed by atoms with Crippen LogP contribution in [0, 0.1) is 0 Å². The fraction of sp³-hybridized carbons (Fsp3) is 0. The van der Waals surface area contributed by atoms with Gasteiger partial charge in [-0.2, -0.15) is 0 Å². The first-order valence-corrected chi connectivity index (χ1v) is 8.35. The Hall–Kier alpha value is -0.280. The Balaban J connectivity index is 0.000000280. The van der Waals surface area contributed by atoms with Gasteiger partial charge in [-0.15, -0.1) is 0 Å². The quantitative estimate of drug-likeness (QED) is 0.619. The van der Waals surface area contributed by atoms with E-state index in [9.17, 15) is 0 Å². The van der Waals surface area contributed by atoms with Crippen LogP contribution in [0.25, 0.3) is 11.1 Å². The van der Waals surface area contributed by atoms with Gasteiger partial charge in [0.05, 0.1) is 0 Å². The van der Waals surface area contributed by atoms with Gasteiger partial charge in [-0.05, 0) is 32.5 Å². The van der Waals surface area contributed by atoms with E-state index in [1.165, 1.54) is 11.1 Å². The predicted molar refractivity (Wildman–Crippen MR) is 78.8 cm³/mol. The molecule has 0 fully saturated rings. The Bertz CT molecular complexity index is 339. The first-order chi connectivity index (χ1) is 7.88. The third-order valence-corrected chi connectivity index (χ3v) is 3.81. The Morgan fingerprint density at radius 1 is 0.562 bits per heavy atom. The van der Waals surface area contributed by atoms with Crippen LogP contribution in [0.4, 0.5) is 0 Å². The maximum absolute atomic E-state index is 4.93. The van der Waals surface area contributed by atoms with Crippen LogP contribution in [0.5, 0.6) is 0 Å². The van der Waals surface area contributed by atoms with Crippen LogP contribution in [0.15, 0.2) is 60.7 Å². The van der Waals surface area contributed by atoms with Crippen molar-refractivity contribution in [3.63, 3.8) is 0 Å². The predicted octanol–water partition coefficient (Wildman–Crippen LogP) is 6.03. The van der Waals surface area contributed by atoms with E-state index in [1.54, 1.807) is 0 Å². The Labute approximate surface area is 113 Å². The van der Waals surface area contributed by atoms with Crippen molar-refractivity contribution in [2.45, 2.75) is 0 Å². The minimum Gasteiger partial charge on any atom is -0.0622 e. The van der Waals surface area contributed by atoms with Crippen molar-refractivity contribution in [2.24, 2.45) is 0 Å². The lowest BCUT2D eigenvalue weighted by molar-refractivity contribution is 1.62. The number of hydrogen-bond donors (Lipinski definition) is 0. The van der Waals surface area contributed by atoms with Gasteiger partial charge >= 0.3 is 0 Å². The zero-order valence-corrected chi connectivity index (χ0v) is 11.5. The van der Waals surface area contributed by atoms with Crippen molar-refractivity contribution in [1.29, 1.82) is 0 Å². The molecule has 0 heterocycles. The summed E-state index contributed by atoms with van der Waals surface area (Å²) in [7, 11) is 11.9. The average molecular weight is 289 g/mol. The second-order valence-corrected chi connectivity index (χ2v) is 6.13. The van der Waals surface area contributed by atoms with Crippen molar-refractivity contribution in [3.05, 3.63) is 60.7 Å². The van der Waals surface area contributed by atoms with E-state index in [1.807, 2.05) is 12.1 Å². The monoisotopic (exact) mass is 288 g/mol. The first kappa shape index (κ1) is 13.8. The highest BCUT2D eigenvalue weighted by Gasteiger charge is 1.91. The van der Waals surface area contributed by atoms with E-state index < -0.39 is 0 Å². The van der Waals surface area contributed by atoms with Gasteiger partial charge in [0.2, 0.25) is 0 Å². The van der Waals surface area contributed by atoms with Gasteiger partial charge in [0.1, 0.15) is 0 Å². The van der Waals surface area contributed by atoms with Gasteiger partial charge in [0.15, 0.2) is 0 Å². The summed E-state index contributed by atoms with van der Waals surface area (Å²) in [5, 5.41) is 0. The van der Waals surface area contributed by atoms with E-state index >= 15 is 0 Å². The normalized spacial score (nSPS) is 9.12. The van der Waals surface area contributed by atoms with E-state index in [-0.39, 0.29) is 0 Å². The summed E-state index contributed by atoms with van der Waals surface area (Å²) in [4.78, 5) is 0. The van der Waals surface area contributed by atoms with Gasteiger partial charge in [-0.25, -0.2) is 0 Å². The zero-order chi connectivity index (χ0) is 11.6. The molecular weight excluding hydrogens is 279 g/mol. The average Bonchev–Trinajstić information content (AvgIpc) is 2.41. The second-order valence-electron chi connectivity index (χ2n) is 2.86. The smallest absolute Gasteiger partial charge is 0.0305 e. The largest absolute Gasteiger partial charge is 0.0622 e. The Morgan fingerprint density at radius 3 is 1.12 bits per heavy atom. The maximum atomic E-state index is 4.93. The van der Waals surface area contributed by atoms with E-state index in [0.29, 0.717) is 0 Å². The van der Waals surface area contributed by atoms with Crippen molar-refractivity contribution < 1.29 is 0 Å². The summed E-state index contributed by atoms with van der Waals surface area (Å²) in [6.07, 6.45) is 0. The summed E-state index contributed by atoms with van der Waals surface area (Å²) < 4.78 is 0. The molecular formula is C12H10Cl2S2. The minimum absolute atomic E-state index is 1.01. The van der Waals surface area contributed by atoms with Crippen molar-refractivity contribution in [1.82, 2.24) is 0 Å². The molecule has 0 bridgehead atoms. The van der Waals surface area contributed by atoms with Crippen LogP contribution in [0.2, 0.25) is 0 Å². The molecule has 2 rings (SSSR count). The molecule has 0 atom stereocenters. The molecule has 0 amide bonds. The molecule has 84 valence electrons. The van der Waals surface area contributed by atoms with Crippen molar-refractivity contribution >= 4 is 41.4 Å². The molecule has 0 saturated heterocycles. The van der Waals surface area contributed by atoms with Gasteiger partial charge in [0, 0.05) is 20.0 Å². The lowest BCUT2D eigenvalue weighted by Gasteiger charge is -1.98. The summed E-state index contributed by atoms with van der Waals surface area (Å²) in [5.41, 5.74) is 2.55. The molecule has 0 spiro atoms. The van der Waals surface area contributed by atoms with Gasteiger partial charge in [-0.3, -0.25) is 0 Å². The summed E-state index contributed by atoms with van der Waals surface area (Å²) in [5.74, 6) is 0. The highest BCUT2D eigenvalue weighted by Crippen LogP contribution is 2.28. The highest BCUT2D eigenvalue weighted by atomic mass is 35.8. The fourth-order valence-corrected chi connectivity index (χ4v) is 1.26. The van der Waals surface area contributed by atoms with Gasteiger partial charge < -0.3 is 0 Å². The molecule has 0 aliphatic rings. The van der Waals surface area contributed by atoms with Crippen LogP contribution in [0.1, 0.15) is 0 Å². The fourth-order valence-electron chi connectivity index (χ4n) is 1.26. The molecule has 0 saturated carbocycles. The molecule has 0 aliphatic heterocycles. The molecule has 0 aromatic heterocycles. The molecule has 0 unspecified atom stereocenters. The number of hydrogen-bond acceptors (Lipinski definition) is 2. The molecule has 0 aliphatic carbocycles. The highest BCUT2D eigenvalue weighted by molar-refractivity contribution is 8.92. The van der Waals surface area contributed by atoms with Crippen molar-refractivity contribution in [3.8, 4) is 11.1 Å². The SMILES string of the molecule is ClSSCl.c1ccc(-c2ccccc2)cc1. The molecule has 16 heavy (non-hydrogen) atoms. The summed E-state index contributed by atoms with van der Waals surface area (Å²) in [6, 6.07) is 20.8. The topological polar surface area (TPSA) is 0 Å². The minimum atomic E-state index is 1.01. The molecule has 4 heteroatoms. The van der Waals surface area contributed by atoms with E-state index in [2.05, 4.69) is 48.5 Å². The van der Waals surface area contributed by atoms with E-state index in [4.69, 9.17) is 21.4 Å². The van der Waals surface area contributed by atoms with E-state index in [0.717, 1.165) is 20.0 Å². The van der Waals surface area contributed by atoms with Gasteiger partial charge in [0.25, 0.3) is 0 Å². The molecule has 0 radical (unpaired) electrons. The van der Waals surface area contributed by atoms with Crippen LogP contribution >= 0.6 is 41.4 Å². The number of rotatable bonds is 2. The number of halogens is 2. The number of benzene rings is 2. The third kappa shape index (κ3) is 5.17. The van der Waals surface area contributed by atoms with Crippen LogP contribution in [-0.4, -0.2) is 0 Å². The maximum Gasteiger partial charge on any atom is 0.0305 e. The third-order valence-electron chi connectivity index (χ3n) is 1.90. The molecule has 0 nitrogen and oxygen atoms in total.